The third-order valence-electron chi connectivity index (χ3n) is 5.44. The van der Waals surface area contributed by atoms with Gasteiger partial charge in [0.1, 0.15) is 5.75 Å². The molecule has 0 bridgehead atoms. The maximum atomic E-state index is 11.9. The maximum Gasteiger partial charge on any atom is 0.330 e. The summed E-state index contributed by atoms with van der Waals surface area (Å²) < 4.78 is 11.3. The van der Waals surface area contributed by atoms with Gasteiger partial charge in [0.2, 0.25) is 8.32 Å². The number of unbranched alkanes of at least 4 members (excludes halogenated alkanes) is 13. The van der Waals surface area contributed by atoms with E-state index in [0.717, 1.165) is 24.2 Å². The van der Waals surface area contributed by atoms with Crippen molar-refractivity contribution < 1.29 is 14.0 Å². The predicted molar refractivity (Wildman–Crippen MR) is 141 cm³/mol. The SMILES string of the molecule is CCCCCCCCCCCCCCCCOC(=O)/C=C\c1cccc(O[Si](C)(C)C)c1. The van der Waals surface area contributed by atoms with Crippen LogP contribution in [0.5, 0.6) is 5.75 Å². The Bertz CT molecular complexity index is 634. The first-order chi connectivity index (χ1) is 15.4. The van der Waals surface area contributed by atoms with Crippen LogP contribution >= 0.6 is 0 Å². The van der Waals surface area contributed by atoms with Crippen LogP contribution in [0.2, 0.25) is 19.6 Å². The smallest absolute Gasteiger partial charge is 0.330 e. The summed E-state index contributed by atoms with van der Waals surface area (Å²) >= 11 is 0. The minimum absolute atomic E-state index is 0.267. The Morgan fingerprint density at radius 3 is 1.88 bits per heavy atom. The molecule has 0 atom stereocenters. The molecular formula is C28H48O3Si. The van der Waals surface area contributed by atoms with Gasteiger partial charge in [0.05, 0.1) is 6.61 Å². The van der Waals surface area contributed by atoms with Gasteiger partial charge < -0.3 is 9.16 Å². The zero-order valence-corrected chi connectivity index (χ0v) is 22.3. The molecular weight excluding hydrogens is 412 g/mol. The summed E-state index contributed by atoms with van der Waals surface area (Å²) in [6.45, 7) is 9.26. The van der Waals surface area contributed by atoms with E-state index in [-0.39, 0.29) is 5.97 Å². The van der Waals surface area contributed by atoms with Crippen LogP contribution in [0.1, 0.15) is 102 Å². The van der Waals surface area contributed by atoms with Crippen molar-refractivity contribution >= 4 is 20.4 Å². The second kappa shape index (κ2) is 17.9. The molecule has 0 aromatic heterocycles. The molecule has 0 amide bonds. The van der Waals surface area contributed by atoms with Gasteiger partial charge >= 0.3 is 5.97 Å². The molecule has 0 aliphatic carbocycles. The van der Waals surface area contributed by atoms with E-state index in [2.05, 4.69) is 26.6 Å². The molecule has 0 aliphatic heterocycles. The van der Waals surface area contributed by atoms with Gasteiger partial charge in [0.25, 0.3) is 0 Å². The minimum atomic E-state index is -1.63. The van der Waals surface area contributed by atoms with E-state index in [1.54, 1.807) is 6.08 Å². The number of carbonyl (C=O) groups excluding carboxylic acids is 1. The Kier molecular flexibility index (Phi) is 16.0. The number of esters is 1. The fraction of sp³-hybridized carbons (Fsp3) is 0.679. The van der Waals surface area contributed by atoms with Crippen LogP contribution in [0.4, 0.5) is 0 Å². The van der Waals surface area contributed by atoms with Crippen molar-refractivity contribution in [2.75, 3.05) is 6.61 Å². The van der Waals surface area contributed by atoms with Gasteiger partial charge in [-0.05, 0) is 49.8 Å². The number of carbonyl (C=O) groups is 1. The van der Waals surface area contributed by atoms with E-state index in [1.165, 1.54) is 83.1 Å². The lowest BCUT2D eigenvalue weighted by Gasteiger charge is -2.19. The molecule has 0 radical (unpaired) electrons. The normalized spacial score (nSPS) is 11.8. The predicted octanol–water partition coefficient (Wildman–Crippen LogP) is 8.94. The molecule has 0 aliphatic rings. The number of rotatable bonds is 19. The van der Waals surface area contributed by atoms with Crippen LogP contribution in [0, 0.1) is 0 Å². The second-order valence-electron chi connectivity index (χ2n) is 9.88. The third-order valence-corrected chi connectivity index (χ3v) is 6.28. The number of hydrogen-bond acceptors (Lipinski definition) is 3. The Morgan fingerprint density at radius 2 is 1.34 bits per heavy atom. The lowest BCUT2D eigenvalue weighted by molar-refractivity contribution is -0.137. The highest BCUT2D eigenvalue weighted by Gasteiger charge is 2.15. The monoisotopic (exact) mass is 460 g/mol. The lowest BCUT2D eigenvalue weighted by Crippen LogP contribution is -2.29. The lowest BCUT2D eigenvalue weighted by atomic mass is 10.0. The standard InChI is InChI=1S/C28H48O3Si/c1-5-6-7-8-9-10-11-12-13-14-15-16-17-18-24-30-28(29)23-22-26-20-19-21-27(25-26)31-32(2,3)4/h19-23,25H,5-18,24H2,1-4H3/b23-22-. The molecule has 3 nitrogen and oxygen atoms in total. The van der Waals surface area contributed by atoms with E-state index in [4.69, 9.17) is 9.16 Å². The number of hydrogen-bond donors (Lipinski definition) is 0. The molecule has 1 rings (SSSR count). The van der Waals surface area contributed by atoms with Crippen molar-refractivity contribution in [1.29, 1.82) is 0 Å². The highest BCUT2D eigenvalue weighted by Crippen LogP contribution is 2.18. The fourth-order valence-corrected chi connectivity index (χ4v) is 4.55. The third kappa shape index (κ3) is 17.1. The van der Waals surface area contributed by atoms with Gasteiger partial charge in [-0.1, -0.05) is 103 Å². The van der Waals surface area contributed by atoms with Crippen molar-refractivity contribution in [2.45, 2.75) is 116 Å². The fourth-order valence-electron chi connectivity index (χ4n) is 3.72. The maximum absolute atomic E-state index is 11.9. The quantitative estimate of drug-likeness (QED) is 0.0894. The van der Waals surface area contributed by atoms with E-state index in [0.29, 0.717) is 6.61 Å². The molecule has 4 heteroatoms. The van der Waals surface area contributed by atoms with Crippen molar-refractivity contribution in [3.63, 3.8) is 0 Å². The highest BCUT2D eigenvalue weighted by molar-refractivity contribution is 6.70. The first-order valence-electron chi connectivity index (χ1n) is 13.0. The van der Waals surface area contributed by atoms with Crippen molar-refractivity contribution in [2.24, 2.45) is 0 Å². The van der Waals surface area contributed by atoms with Gasteiger partial charge in [0, 0.05) is 6.08 Å². The highest BCUT2D eigenvalue weighted by atomic mass is 28.4. The molecule has 0 N–H and O–H groups in total. The molecule has 0 heterocycles. The Labute approximate surface area is 199 Å². The topological polar surface area (TPSA) is 35.5 Å². The van der Waals surface area contributed by atoms with Crippen LogP contribution in [-0.4, -0.2) is 20.9 Å². The van der Waals surface area contributed by atoms with Crippen LogP contribution in [0.15, 0.2) is 30.3 Å². The first-order valence-corrected chi connectivity index (χ1v) is 16.5. The molecule has 1 aromatic rings. The minimum Gasteiger partial charge on any atom is -0.544 e. The van der Waals surface area contributed by atoms with Crippen LogP contribution in [0.3, 0.4) is 0 Å². The Balaban J connectivity index is 1.99. The molecule has 0 saturated heterocycles. The van der Waals surface area contributed by atoms with Crippen molar-refractivity contribution in [3.8, 4) is 5.75 Å². The Morgan fingerprint density at radius 1 is 0.812 bits per heavy atom. The Hall–Kier alpha value is -1.55. The molecule has 0 saturated carbocycles. The van der Waals surface area contributed by atoms with Gasteiger partial charge in [-0.15, -0.1) is 0 Å². The van der Waals surface area contributed by atoms with E-state index < -0.39 is 8.32 Å². The zero-order chi connectivity index (χ0) is 23.5. The summed E-state index contributed by atoms with van der Waals surface area (Å²) in [5, 5.41) is 0. The summed E-state index contributed by atoms with van der Waals surface area (Å²) in [5.41, 5.74) is 0.953. The second-order valence-corrected chi connectivity index (χ2v) is 14.3. The van der Waals surface area contributed by atoms with E-state index >= 15 is 0 Å². The van der Waals surface area contributed by atoms with Gasteiger partial charge in [-0.2, -0.15) is 0 Å². The molecule has 0 unspecified atom stereocenters. The van der Waals surface area contributed by atoms with Crippen LogP contribution in [-0.2, 0) is 9.53 Å². The van der Waals surface area contributed by atoms with E-state index in [9.17, 15) is 4.79 Å². The van der Waals surface area contributed by atoms with Crippen LogP contribution < -0.4 is 4.43 Å². The molecule has 1 aromatic carbocycles. The summed E-state index contributed by atoms with van der Waals surface area (Å²) in [4.78, 5) is 11.9. The summed E-state index contributed by atoms with van der Waals surface area (Å²) in [6, 6.07) is 7.85. The summed E-state index contributed by atoms with van der Waals surface area (Å²) in [6.07, 6.45) is 21.9. The average molecular weight is 461 g/mol. The van der Waals surface area contributed by atoms with Crippen molar-refractivity contribution in [3.05, 3.63) is 35.9 Å². The van der Waals surface area contributed by atoms with Gasteiger partial charge in [-0.25, -0.2) is 4.79 Å². The van der Waals surface area contributed by atoms with Gasteiger partial charge in [0.15, 0.2) is 0 Å². The summed E-state index contributed by atoms with van der Waals surface area (Å²) in [5.74, 6) is 0.596. The number of benzene rings is 1. The van der Waals surface area contributed by atoms with Gasteiger partial charge in [-0.3, -0.25) is 0 Å². The summed E-state index contributed by atoms with van der Waals surface area (Å²) in [7, 11) is -1.63. The molecule has 0 fully saturated rings. The van der Waals surface area contributed by atoms with Crippen molar-refractivity contribution in [1.82, 2.24) is 0 Å². The largest absolute Gasteiger partial charge is 0.544 e. The average Bonchev–Trinajstić information content (AvgIpc) is 2.74. The molecule has 0 spiro atoms. The molecule has 32 heavy (non-hydrogen) atoms. The zero-order valence-electron chi connectivity index (χ0n) is 21.3. The molecule has 182 valence electrons. The number of ether oxygens (including phenoxy) is 1. The van der Waals surface area contributed by atoms with E-state index in [1.807, 2.05) is 24.3 Å². The van der Waals surface area contributed by atoms with Crippen LogP contribution in [0.25, 0.3) is 6.08 Å². The first kappa shape index (κ1) is 28.5.